The minimum Gasteiger partial charge on any atom is -0.208 e. The van der Waals surface area contributed by atoms with Gasteiger partial charge in [0.2, 0.25) is 10.0 Å². The Morgan fingerprint density at radius 1 is 1.25 bits per heavy atom. The van der Waals surface area contributed by atoms with Crippen LogP contribution in [0.25, 0.3) is 0 Å². The summed E-state index contributed by atoms with van der Waals surface area (Å²) in [5.74, 6) is 0. The maximum Gasteiger partial charge on any atom is 0.235 e. The van der Waals surface area contributed by atoms with E-state index >= 15 is 0 Å². The highest BCUT2D eigenvalue weighted by Crippen LogP contribution is 2.10. The molecule has 0 saturated heterocycles. The van der Waals surface area contributed by atoms with Gasteiger partial charge in [-0.1, -0.05) is 37.8 Å². The minimum absolute atomic E-state index is 0.373. The third-order valence-electron chi connectivity index (χ3n) is 2.48. The van der Waals surface area contributed by atoms with E-state index in [-0.39, 0.29) is 0 Å². The Kier molecular flexibility index (Phi) is 4.26. The van der Waals surface area contributed by atoms with Gasteiger partial charge in [0.15, 0.2) is 0 Å². The Balaban J connectivity index is 2.77. The Morgan fingerprint density at radius 3 is 2.19 bits per heavy atom. The number of nitrogens with zero attached hydrogens (tertiary/aromatic N) is 1. The van der Waals surface area contributed by atoms with E-state index in [1.54, 1.807) is 7.05 Å². The number of aryl methyl sites for hydroxylation is 1. The Hall–Kier alpha value is -1.13. The molecule has 0 heterocycles. The van der Waals surface area contributed by atoms with Gasteiger partial charge < -0.3 is 0 Å². The van der Waals surface area contributed by atoms with E-state index in [2.05, 4.69) is 13.5 Å². The molecular weight excluding hydrogens is 222 g/mol. The molecule has 0 amide bonds. The first-order chi connectivity index (χ1) is 7.49. The van der Waals surface area contributed by atoms with Crippen molar-refractivity contribution in [3.05, 3.63) is 47.4 Å². The van der Waals surface area contributed by atoms with Crippen LogP contribution < -0.4 is 0 Å². The van der Waals surface area contributed by atoms with Gasteiger partial charge in [0, 0.05) is 19.0 Å². The summed E-state index contributed by atoms with van der Waals surface area (Å²) in [7, 11) is -1.77. The zero-order chi connectivity index (χ0) is 12.2. The lowest BCUT2D eigenvalue weighted by molar-refractivity contribution is 0.475. The normalized spacial score (nSPS) is 11.7. The molecule has 0 aliphatic carbocycles. The smallest absolute Gasteiger partial charge is 0.208 e. The van der Waals surface area contributed by atoms with Crippen molar-refractivity contribution in [1.82, 2.24) is 4.31 Å². The number of hydrogen-bond donors (Lipinski definition) is 0. The minimum atomic E-state index is -3.31. The van der Waals surface area contributed by atoms with Crippen molar-refractivity contribution in [3.8, 4) is 0 Å². The quantitative estimate of drug-likeness (QED) is 0.789. The third kappa shape index (κ3) is 3.18. The maximum absolute atomic E-state index is 11.4. The van der Waals surface area contributed by atoms with Crippen LogP contribution in [-0.4, -0.2) is 19.8 Å². The topological polar surface area (TPSA) is 37.4 Å². The Bertz CT molecular complexity index is 448. The molecule has 0 aliphatic rings. The fourth-order valence-corrected chi connectivity index (χ4v) is 1.94. The van der Waals surface area contributed by atoms with Gasteiger partial charge in [0.05, 0.1) is 0 Å². The van der Waals surface area contributed by atoms with Crippen LogP contribution in [0.1, 0.15) is 18.1 Å². The molecule has 0 fully saturated rings. The Morgan fingerprint density at radius 2 is 1.75 bits per heavy atom. The average Bonchev–Trinajstić information content (AvgIpc) is 2.30. The van der Waals surface area contributed by atoms with Crippen LogP contribution in [0.5, 0.6) is 0 Å². The highest BCUT2D eigenvalue weighted by Gasteiger charge is 2.12. The van der Waals surface area contributed by atoms with Crippen LogP contribution in [-0.2, 0) is 23.0 Å². The molecule has 4 heteroatoms. The van der Waals surface area contributed by atoms with Crippen molar-refractivity contribution in [3.63, 3.8) is 0 Å². The standard InChI is InChI=1S/C12H17NO2S/c1-4-11-6-8-12(9-7-11)10-13(3)16(14,15)5-2/h5-9H,2,4,10H2,1,3H3. The molecule has 88 valence electrons. The highest BCUT2D eigenvalue weighted by atomic mass is 32.2. The molecule has 1 rings (SSSR count). The van der Waals surface area contributed by atoms with Crippen LogP contribution in [0.4, 0.5) is 0 Å². The second-order valence-electron chi connectivity index (χ2n) is 3.64. The van der Waals surface area contributed by atoms with E-state index in [9.17, 15) is 8.42 Å². The van der Waals surface area contributed by atoms with Gasteiger partial charge >= 0.3 is 0 Å². The van der Waals surface area contributed by atoms with Gasteiger partial charge in [0.1, 0.15) is 0 Å². The van der Waals surface area contributed by atoms with Gasteiger partial charge in [-0.25, -0.2) is 8.42 Å². The summed E-state index contributed by atoms with van der Waals surface area (Å²) in [5.41, 5.74) is 2.23. The molecule has 3 nitrogen and oxygen atoms in total. The lowest BCUT2D eigenvalue weighted by Crippen LogP contribution is -2.24. The summed E-state index contributed by atoms with van der Waals surface area (Å²) in [6, 6.07) is 7.94. The van der Waals surface area contributed by atoms with Crippen molar-refractivity contribution in [2.24, 2.45) is 0 Å². The second-order valence-corrected chi connectivity index (χ2v) is 5.62. The van der Waals surface area contributed by atoms with Crippen LogP contribution in [0.2, 0.25) is 0 Å². The zero-order valence-electron chi connectivity index (χ0n) is 9.68. The summed E-state index contributed by atoms with van der Waals surface area (Å²) >= 11 is 0. The Labute approximate surface area is 97.5 Å². The van der Waals surface area contributed by atoms with Crippen molar-refractivity contribution in [1.29, 1.82) is 0 Å². The SMILES string of the molecule is C=CS(=O)(=O)N(C)Cc1ccc(CC)cc1. The molecule has 0 N–H and O–H groups in total. The van der Waals surface area contributed by atoms with Crippen LogP contribution in [0.15, 0.2) is 36.3 Å². The van der Waals surface area contributed by atoms with E-state index in [1.165, 1.54) is 9.87 Å². The average molecular weight is 239 g/mol. The molecule has 0 bridgehead atoms. The third-order valence-corrected chi connectivity index (χ3v) is 3.90. The monoisotopic (exact) mass is 239 g/mol. The lowest BCUT2D eigenvalue weighted by atomic mass is 10.1. The summed E-state index contributed by atoms with van der Waals surface area (Å²) in [6.07, 6.45) is 0.987. The second kappa shape index (κ2) is 5.27. The van der Waals surface area contributed by atoms with Gasteiger partial charge in [-0.3, -0.25) is 0 Å². The molecule has 0 aliphatic heterocycles. The molecule has 0 unspecified atom stereocenters. The van der Waals surface area contributed by atoms with Crippen LogP contribution in [0, 0.1) is 0 Å². The molecule has 16 heavy (non-hydrogen) atoms. The largest absolute Gasteiger partial charge is 0.235 e. The fourth-order valence-electron chi connectivity index (χ4n) is 1.35. The molecule has 0 saturated carbocycles. The van der Waals surface area contributed by atoms with E-state index < -0.39 is 10.0 Å². The van der Waals surface area contributed by atoms with Crippen molar-refractivity contribution in [2.75, 3.05) is 7.05 Å². The molecule has 0 spiro atoms. The van der Waals surface area contributed by atoms with Crippen molar-refractivity contribution < 1.29 is 8.42 Å². The maximum atomic E-state index is 11.4. The molecule has 0 aromatic heterocycles. The van der Waals surface area contributed by atoms with Gasteiger partial charge in [0.25, 0.3) is 0 Å². The van der Waals surface area contributed by atoms with Crippen LogP contribution >= 0.6 is 0 Å². The highest BCUT2D eigenvalue weighted by molar-refractivity contribution is 7.91. The van der Waals surface area contributed by atoms with E-state index in [0.29, 0.717) is 6.54 Å². The summed E-state index contributed by atoms with van der Waals surface area (Å²) < 4.78 is 24.1. The molecule has 0 atom stereocenters. The number of sulfonamides is 1. The van der Waals surface area contributed by atoms with E-state index in [4.69, 9.17) is 0 Å². The number of rotatable bonds is 5. The van der Waals surface area contributed by atoms with Gasteiger partial charge in [-0.15, -0.1) is 0 Å². The summed E-state index contributed by atoms with van der Waals surface area (Å²) in [4.78, 5) is 0. The van der Waals surface area contributed by atoms with Gasteiger partial charge in [-0.2, -0.15) is 4.31 Å². The first-order valence-electron chi connectivity index (χ1n) is 5.16. The summed E-state index contributed by atoms with van der Waals surface area (Å²) in [5, 5.41) is 0.966. The summed E-state index contributed by atoms with van der Waals surface area (Å²) in [6.45, 7) is 5.75. The number of hydrogen-bond acceptors (Lipinski definition) is 2. The van der Waals surface area contributed by atoms with Crippen molar-refractivity contribution >= 4 is 10.0 Å². The first kappa shape index (κ1) is 12.9. The predicted molar refractivity (Wildman–Crippen MR) is 66.4 cm³/mol. The first-order valence-corrected chi connectivity index (χ1v) is 6.66. The van der Waals surface area contributed by atoms with Crippen molar-refractivity contribution in [2.45, 2.75) is 19.9 Å². The number of benzene rings is 1. The molecule has 0 radical (unpaired) electrons. The fraction of sp³-hybridized carbons (Fsp3) is 0.333. The van der Waals surface area contributed by atoms with E-state index in [1.807, 2.05) is 24.3 Å². The molecule has 1 aromatic carbocycles. The zero-order valence-corrected chi connectivity index (χ0v) is 10.5. The lowest BCUT2D eigenvalue weighted by Gasteiger charge is -2.14. The predicted octanol–water partition coefficient (Wildman–Crippen LogP) is 2.15. The van der Waals surface area contributed by atoms with E-state index in [0.717, 1.165) is 17.4 Å². The molecular formula is C12H17NO2S. The molecule has 1 aromatic rings. The van der Waals surface area contributed by atoms with Gasteiger partial charge in [-0.05, 0) is 17.5 Å². The van der Waals surface area contributed by atoms with Crippen LogP contribution in [0.3, 0.4) is 0 Å².